The van der Waals surface area contributed by atoms with Gasteiger partial charge in [0.2, 0.25) is 0 Å². The molecule has 0 aliphatic carbocycles. The Kier molecular flexibility index (Phi) is 1.59. The molecule has 0 atom stereocenters. The predicted molar refractivity (Wildman–Crippen MR) is 41.7 cm³/mol. The maximum atomic E-state index is 11.3. The predicted octanol–water partition coefficient (Wildman–Crippen LogP) is -1.62. The number of amides is 4. The third-order valence-electron chi connectivity index (χ3n) is 2.32. The van der Waals surface area contributed by atoms with Crippen LogP contribution in [0.3, 0.4) is 0 Å². The van der Waals surface area contributed by atoms with E-state index in [9.17, 15) is 14.4 Å². The first-order valence-corrected chi connectivity index (χ1v) is 3.99. The van der Waals surface area contributed by atoms with Gasteiger partial charge in [0.25, 0.3) is 0 Å². The summed E-state index contributed by atoms with van der Waals surface area (Å²) in [6.07, 6.45) is 0. The molecule has 2 rings (SSSR count). The lowest BCUT2D eigenvalue weighted by atomic mass is 10.1. The molecule has 4 amide bonds. The second-order valence-corrected chi connectivity index (χ2v) is 3.13. The zero-order chi connectivity index (χ0) is 9.59. The van der Waals surface area contributed by atoms with Gasteiger partial charge in [0, 0.05) is 20.1 Å². The molecule has 2 saturated heterocycles. The topological polar surface area (TPSA) is 69.7 Å². The van der Waals surface area contributed by atoms with Crippen molar-refractivity contribution in [3.05, 3.63) is 0 Å². The number of nitrogens with zero attached hydrogens (tertiary/aromatic N) is 2. The lowest BCUT2D eigenvalue weighted by Gasteiger charge is -2.32. The zero-order valence-corrected chi connectivity index (χ0v) is 7.11. The first-order chi connectivity index (χ1) is 6.13. The fourth-order valence-corrected chi connectivity index (χ4v) is 1.36. The quantitative estimate of drug-likeness (QED) is 0.392. The second kappa shape index (κ2) is 2.53. The van der Waals surface area contributed by atoms with E-state index in [1.54, 1.807) is 0 Å². The number of rotatable bonds is 1. The molecule has 2 fully saturated rings. The Bertz CT molecular complexity index is 297. The molecule has 0 saturated carbocycles. The lowest BCUT2D eigenvalue weighted by molar-refractivity contribution is -0.143. The zero-order valence-electron chi connectivity index (χ0n) is 7.11. The van der Waals surface area contributed by atoms with E-state index in [-0.39, 0.29) is 6.04 Å². The minimum atomic E-state index is -0.739. The summed E-state index contributed by atoms with van der Waals surface area (Å²) in [6.45, 7) is 1.16. The Balaban J connectivity index is 2.23. The van der Waals surface area contributed by atoms with Crippen molar-refractivity contribution in [1.82, 2.24) is 15.1 Å². The van der Waals surface area contributed by atoms with Gasteiger partial charge in [-0.05, 0) is 0 Å². The highest BCUT2D eigenvalue weighted by atomic mass is 16.2. The minimum absolute atomic E-state index is 0.145. The summed E-state index contributed by atoms with van der Waals surface area (Å²) < 4.78 is 0. The van der Waals surface area contributed by atoms with E-state index in [0.717, 1.165) is 9.80 Å². The van der Waals surface area contributed by atoms with E-state index in [1.807, 2.05) is 0 Å². The van der Waals surface area contributed by atoms with Crippen molar-refractivity contribution in [3.63, 3.8) is 0 Å². The molecule has 0 unspecified atom stereocenters. The van der Waals surface area contributed by atoms with Crippen molar-refractivity contribution in [2.75, 3.05) is 20.1 Å². The van der Waals surface area contributed by atoms with Gasteiger partial charge >= 0.3 is 17.8 Å². The van der Waals surface area contributed by atoms with Crippen molar-refractivity contribution in [2.45, 2.75) is 6.04 Å². The molecular weight excluding hydrogens is 174 g/mol. The van der Waals surface area contributed by atoms with E-state index >= 15 is 0 Å². The fourth-order valence-electron chi connectivity index (χ4n) is 1.36. The van der Waals surface area contributed by atoms with Crippen LogP contribution in [-0.4, -0.2) is 53.8 Å². The fraction of sp³-hybridized carbons (Fsp3) is 0.571. The summed E-state index contributed by atoms with van der Waals surface area (Å²) in [6, 6.07) is -0.657. The van der Waals surface area contributed by atoms with Gasteiger partial charge in [-0.1, -0.05) is 0 Å². The summed E-state index contributed by atoms with van der Waals surface area (Å²) in [7, 11) is 1.31. The highest BCUT2D eigenvalue weighted by Crippen LogP contribution is 2.15. The first kappa shape index (κ1) is 8.18. The van der Waals surface area contributed by atoms with Crippen LogP contribution in [0.2, 0.25) is 0 Å². The Morgan fingerprint density at radius 2 is 1.85 bits per heavy atom. The molecule has 2 aliphatic rings. The molecule has 0 bridgehead atoms. The molecule has 0 aromatic rings. The Morgan fingerprint density at radius 1 is 1.23 bits per heavy atom. The number of carbonyl (C=O) groups is 3. The van der Waals surface area contributed by atoms with Gasteiger partial charge in [0.15, 0.2) is 0 Å². The maximum Gasteiger partial charge on any atom is 0.334 e. The summed E-state index contributed by atoms with van der Waals surface area (Å²) in [5, 5.41) is 2.93. The van der Waals surface area contributed by atoms with Crippen LogP contribution in [0.4, 0.5) is 4.79 Å². The largest absolute Gasteiger partial charge is 0.334 e. The summed E-state index contributed by atoms with van der Waals surface area (Å²) in [4.78, 5) is 35.5. The number of nitrogens with one attached hydrogen (secondary N) is 1. The SMILES string of the molecule is CN1C(=O)C(=O)N(C2CNC2)C1=O. The van der Waals surface area contributed by atoms with Gasteiger partial charge in [-0.3, -0.25) is 14.5 Å². The van der Waals surface area contributed by atoms with Crippen LogP contribution < -0.4 is 5.32 Å². The van der Waals surface area contributed by atoms with Crippen LogP contribution in [0, 0.1) is 0 Å². The molecular formula is C7H9N3O3. The molecule has 2 aliphatic heterocycles. The molecule has 6 nitrogen and oxygen atoms in total. The summed E-state index contributed by atoms with van der Waals surface area (Å²) in [5.74, 6) is -1.45. The van der Waals surface area contributed by atoms with Gasteiger partial charge in [-0.2, -0.15) is 0 Å². The maximum absolute atomic E-state index is 11.3. The van der Waals surface area contributed by atoms with Crippen molar-refractivity contribution < 1.29 is 14.4 Å². The molecule has 0 radical (unpaired) electrons. The average Bonchev–Trinajstić information content (AvgIpc) is 2.19. The number of imide groups is 2. The van der Waals surface area contributed by atoms with Gasteiger partial charge < -0.3 is 5.32 Å². The van der Waals surface area contributed by atoms with Gasteiger partial charge in [0.05, 0.1) is 6.04 Å². The monoisotopic (exact) mass is 183 g/mol. The first-order valence-electron chi connectivity index (χ1n) is 3.99. The molecule has 6 heteroatoms. The molecule has 70 valence electrons. The highest BCUT2D eigenvalue weighted by molar-refractivity contribution is 6.44. The van der Waals surface area contributed by atoms with E-state index in [1.165, 1.54) is 7.05 Å². The van der Waals surface area contributed by atoms with E-state index < -0.39 is 17.8 Å². The van der Waals surface area contributed by atoms with Crippen molar-refractivity contribution >= 4 is 17.8 Å². The Labute approximate surface area is 74.5 Å². The Morgan fingerprint density at radius 3 is 2.15 bits per heavy atom. The number of carbonyl (C=O) groups excluding carboxylic acids is 3. The highest BCUT2D eigenvalue weighted by Gasteiger charge is 2.47. The number of hydrogen-bond acceptors (Lipinski definition) is 4. The van der Waals surface area contributed by atoms with Crippen LogP contribution in [0.15, 0.2) is 0 Å². The van der Waals surface area contributed by atoms with E-state index in [0.29, 0.717) is 13.1 Å². The smallest absolute Gasteiger partial charge is 0.312 e. The molecule has 0 spiro atoms. The van der Waals surface area contributed by atoms with Crippen molar-refractivity contribution in [1.29, 1.82) is 0 Å². The van der Waals surface area contributed by atoms with Crippen molar-refractivity contribution in [2.24, 2.45) is 0 Å². The van der Waals surface area contributed by atoms with E-state index in [4.69, 9.17) is 0 Å². The minimum Gasteiger partial charge on any atom is -0.312 e. The van der Waals surface area contributed by atoms with Crippen LogP contribution in [0.25, 0.3) is 0 Å². The molecule has 1 N–H and O–H groups in total. The lowest BCUT2D eigenvalue weighted by Crippen LogP contribution is -2.59. The van der Waals surface area contributed by atoms with Crippen molar-refractivity contribution in [3.8, 4) is 0 Å². The van der Waals surface area contributed by atoms with Crippen LogP contribution in [0.1, 0.15) is 0 Å². The number of likely N-dealkylation sites (N-methyl/N-ethyl adjacent to an activating group) is 1. The van der Waals surface area contributed by atoms with Gasteiger partial charge in [-0.25, -0.2) is 9.69 Å². The average molecular weight is 183 g/mol. The van der Waals surface area contributed by atoms with Crippen LogP contribution >= 0.6 is 0 Å². The van der Waals surface area contributed by atoms with Gasteiger partial charge in [-0.15, -0.1) is 0 Å². The standard InChI is InChI=1S/C7H9N3O3/c1-9-5(11)6(12)10(7(9)13)4-2-8-3-4/h4,8H,2-3H2,1H3. The van der Waals surface area contributed by atoms with E-state index in [2.05, 4.69) is 5.32 Å². The molecule has 0 aromatic carbocycles. The third-order valence-corrected chi connectivity index (χ3v) is 2.32. The third kappa shape index (κ3) is 0.951. The molecule has 2 heterocycles. The summed E-state index contributed by atoms with van der Waals surface area (Å²) in [5.41, 5.74) is 0. The Hall–Kier alpha value is -1.43. The molecule has 0 aromatic heterocycles. The molecule has 13 heavy (non-hydrogen) atoms. The van der Waals surface area contributed by atoms with Crippen LogP contribution in [-0.2, 0) is 9.59 Å². The number of urea groups is 1. The second-order valence-electron chi connectivity index (χ2n) is 3.13. The number of hydrogen-bond donors (Lipinski definition) is 1. The summed E-state index contributed by atoms with van der Waals surface area (Å²) >= 11 is 0. The normalized spacial score (nSPS) is 24.2. The van der Waals surface area contributed by atoms with Crippen LogP contribution in [0.5, 0.6) is 0 Å². The van der Waals surface area contributed by atoms with Gasteiger partial charge in [0.1, 0.15) is 0 Å².